The summed E-state index contributed by atoms with van der Waals surface area (Å²) < 4.78 is 10.7. The van der Waals surface area contributed by atoms with Gasteiger partial charge in [-0.15, -0.1) is 0 Å². The van der Waals surface area contributed by atoms with Crippen LogP contribution in [0.5, 0.6) is 11.5 Å². The molecule has 1 aromatic carbocycles. The standard InChI is InChI=1S/C16H19N3O2/c1-20-10-7-8-14(21-2)12(9-10)16-18-13-6-4-3-5-11(13)15(17)19-16/h7-9H,3-6H2,1-2H3,(H2,17,18,19). The smallest absolute Gasteiger partial charge is 0.165 e. The molecule has 2 N–H and O–H groups in total. The van der Waals surface area contributed by atoms with Gasteiger partial charge in [0.15, 0.2) is 5.82 Å². The zero-order chi connectivity index (χ0) is 14.8. The highest BCUT2D eigenvalue weighted by molar-refractivity contribution is 5.68. The molecule has 5 nitrogen and oxygen atoms in total. The third-order valence-electron chi connectivity index (χ3n) is 3.86. The molecule has 21 heavy (non-hydrogen) atoms. The Labute approximate surface area is 124 Å². The Kier molecular flexibility index (Phi) is 3.64. The number of hydrogen-bond acceptors (Lipinski definition) is 5. The molecule has 2 aromatic rings. The summed E-state index contributed by atoms with van der Waals surface area (Å²) in [5.74, 6) is 2.64. The van der Waals surface area contributed by atoms with Gasteiger partial charge in [0.2, 0.25) is 0 Å². The van der Waals surface area contributed by atoms with Crippen molar-refractivity contribution in [1.82, 2.24) is 9.97 Å². The molecule has 0 spiro atoms. The first-order valence-electron chi connectivity index (χ1n) is 7.10. The average molecular weight is 285 g/mol. The molecular formula is C16H19N3O2. The quantitative estimate of drug-likeness (QED) is 0.938. The third kappa shape index (κ3) is 2.51. The number of methoxy groups -OCH3 is 2. The van der Waals surface area contributed by atoms with E-state index in [0.29, 0.717) is 17.4 Å². The molecule has 0 unspecified atom stereocenters. The molecule has 1 heterocycles. The number of nitrogens with two attached hydrogens (primary N) is 1. The van der Waals surface area contributed by atoms with E-state index in [4.69, 9.17) is 20.2 Å². The number of benzene rings is 1. The van der Waals surface area contributed by atoms with E-state index in [0.717, 1.165) is 48.3 Å². The van der Waals surface area contributed by atoms with Crippen LogP contribution in [0, 0.1) is 0 Å². The van der Waals surface area contributed by atoms with Gasteiger partial charge in [-0.25, -0.2) is 9.97 Å². The number of aromatic nitrogens is 2. The lowest BCUT2D eigenvalue weighted by Gasteiger charge is -2.18. The van der Waals surface area contributed by atoms with E-state index in [1.807, 2.05) is 18.2 Å². The Bertz CT molecular complexity index is 671. The third-order valence-corrected chi connectivity index (χ3v) is 3.86. The molecule has 1 aromatic heterocycles. The highest BCUT2D eigenvalue weighted by Gasteiger charge is 2.18. The number of anilines is 1. The molecule has 3 rings (SSSR count). The van der Waals surface area contributed by atoms with Gasteiger partial charge in [-0.3, -0.25) is 0 Å². The minimum absolute atomic E-state index is 0.583. The Morgan fingerprint density at radius 2 is 1.86 bits per heavy atom. The molecular weight excluding hydrogens is 266 g/mol. The van der Waals surface area contributed by atoms with Gasteiger partial charge in [0.25, 0.3) is 0 Å². The topological polar surface area (TPSA) is 70.3 Å². The highest BCUT2D eigenvalue weighted by atomic mass is 16.5. The van der Waals surface area contributed by atoms with Crippen LogP contribution in [0.4, 0.5) is 5.82 Å². The van der Waals surface area contributed by atoms with Gasteiger partial charge >= 0.3 is 0 Å². The van der Waals surface area contributed by atoms with Crippen LogP contribution in [0.15, 0.2) is 18.2 Å². The minimum Gasteiger partial charge on any atom is -0.497 e. The van der Waals surface area contributed by atoms with Crippen molar-refractivity contribution < 1.29 is 9.47 Å². The summed E-state index contributed by atoms with van der Waals surface area (Å²) in [4.78, 5) is 9.17. The molecule has 1 aliphatic carbocycles. The second kappa shape index (κ2) is 5.60. The molecule has 0 bridgehead atoms. The summed E-state index contributed by atoms with van der Waals surface area (Å²) in [6.45, 7) is 0. The Morgan fingerprint density at radius 1 is 1.05 bits per heavy atom. The Hall–Kier alpha value is -2.30. The summed E-state index contributed by atoms with van der Waals surface area (Å²) in [5, 5.41) is 0. The van der Waals surface area contributed by atoms with Gasteiger partial charge in [0.05, 0.1) is 19.8 Å². The highest BCUT2D eigenvalue weighted by Crippen LogP contribution is 2.33. The first-order chi connectivity index (χ1) is 10.2. The molecule has 0 atom stereocenters. The van der Waals surface area contributed by atoms with Crippen molar-refractivity contribution in [2.75, 3.05) is 20.0 Å². The van der Waals surface area contributed by atoms with Crippen LogP contribution in [0.3, 0.4) is 0 Å². The van der Waals surface area contributed by atoms with Crippen LogP contribution in [-0.2, 0) is 12.8 Å². The predicted molar refractivity (Wildman–Crippen MR) is 81.6 cm³/mol. The van der Waals surface area contributed by atoms with Gasteiger partial charge in [-0.1, -0.05) is 0 Å². The van der Waals surface area contributed by atoms with Gasteiger partial charge in [-0.2, -0.15) is 0 Å². The Morgan fingerprint density at radius 3 is 2.62 bits per heavy atom. The van der Waals surface area contributed by atoms with Gasteiger partial charge < -0.3 is 15.2 Å². The van der Waals surface area contributed by atoms with Crippen LogP contribution < -0.4 is 15.2 Å². The molecule has 1 aliphatic rings. The largest absolute Gasteiger partial charge is 0.497 e. The lowest BCUT2D eigenvalue weighted by molar-refractivity contribution is 0.404. The first-order valence-corrected chi connectivity index (χ1v) is 7.10. The van der Waals surface area contributed by atoms with Crippen LogP contribution in [-0.4, -0.2) is 24.2 Å². The van der Waals surface area contributed by atoms with E-state index >= 15 is 0 Å². The molecule has 0 fully saturated rings. The van der Waals surface area contributed by atoms with Gasteiger partial charge in [0, 0.05) is 11.3 Å². The van der Waals surface area contributed by atoms with Crippen LogP contribution in [0.25, 0.3) is 11.4 Å². The van der Waals surface area contributed by atoms with E-state index in [-0.39, 0.29) is 0 Å². The number of nitrogen functional groups attached to an aromatic ring is 1. The first kappa shape index (κ1) is 13.7. The SMILES string of the molecule is COc1ccc(OC)c(-c2nc(N)c3c(n2)CCCC3)c1. The second-order valence-corrected chi connectivity index (χ2v) is 5.13. The van der Waals surface area contributed by atoms with E-state index in [1.54, 1.807) is 14.2 Å². The number of hydrogen-bond donors (Lipinski definition) is 1. The van der Waals surface area contributed by atoms with Gasteiger partial charge in [0.1, 0.15) is 17.3 Å². The summed E-state index contributed by atoms with van der Waals surface area (Å²) in [6.07, 6.45) is 4.23. The summed E-state index contributed by atoms with van der Waals surface area (Å²) >= 11 is 0. The fourth-order valence-corrected chi connectivity index (χ4v) is 2.73. The molecule has 0 saturated carbocycles. The number of nitrogens with zero attached hydrogens (tertiary/aromatic N) is 2. The van der Waals surface area contributed by atoms with Crippen molar-refractivity contribution in [3.05, 3.63) is 29.5 Å². The predicted octanol–water partition coefficient (Wildman–Crippen LogP) is 2.62. The van der Waals surface area contributed by atoms with Crippen LogP contribution in [0.2, 0.25) is 0 Å². The maximum Gasteiger partial charge on any atom is 0.165 e. The van der Waals surface area contributed by atoms with Crippen molar-refractivity contribution in [2.45, 2.75) is 25.7 Å². The zero-order valence-corrected chi connectivity index (χ0v) is 12.3. The minimum atomic E-state index is 0.583. The van der Waals surface area contributed by atoms with Crippen molar-refractivity contribution in [2.24, 2.45) is 0 Å². The lowest BCUT2D eigenvalue weighted by atomic mass is 9.96. The van der Waals surface area contributed by atoms with E-state index in [2.05, 4.69) is 4.98 Å². The molecule has 0 aliphatic heterocycles. The zero-order valence-electron chi connectivity index (χ0n) is 12.3. The lowest BCUT2D eigenvalue weighted by Crippen LogP contribution is -2.12. The molecule has 110 valence electrons. The van der Waals surface area contributed by atoms with E-state index in [1.165, 1.54) is 0 Å². The monoisotopic (exact) mass is 285 g/mol. The van der Waals surface area contributed by atoms with Crippen molar-refractivity contribution in [3.8, 4) is 22.9 Å². The average Bonchev–Trinajstić information content (AvgIpc) is 2.54. The molecule has 0 amide bonds. The second-order valence-electron chi connectivity index (χ2n) is 5.13. The fraction of sp³-hybridized carbons (Fsp3) is 0.375. The normalized spacial score (nSPS) is 13.6. The van der Waals surface area contributed by atoms with Crippen LogP contribution in [0.1, 0.15) is 24.1 Å². The van der Waals surface area contributed by atoms with Crippen molar-refractivity contribution in [3.63, 3.8) is 0 Å². The summed E-state index contributed by atoms with van der Waals surface area (Å²) in [5.41, 5.74) is 9.09. The molecule has 0 radical (unpaired) electrons. The maximum atomic E-state index is 6.12. The van der Waals surface area contributed by atoms with E-state index < -0.39 is 0 Å². The van der Waals surface area contributed by atoms with Gasteiger partial charge in [-0.05, 0) is 43.9 Å². The van der Waals surface area contributed by atoms with Crippen molar-refractivity contribution in [1.29, 1.82) is 0 Å². The van der Waals surface area contributed by atoms with Crippen LogP contribution >= 0.6 is 0 Å². The number of rotatable bonds is 3. The molecule has 0 saturated heterocycles. The summed E-state index contributed by atoms with van der Waals surface area (Å²) in [7, 11) is 3.26. The maximum absolute atomic E-state index is 6.12. The summed E-state index contributed by atoms with van der Waals surface area (Å²) in [6, 6.07) is 5.58. The van der Waals surface area contributed by atoms with E-state index in [9.17, 15) is 0 Å². The Balaban J connectivity index is 2.14. The number of ether oxygens (including phenoxy) is 2. The van der Waals surface area contributed by atoms with Crippen molar-refractivity contribution >= 4 is 5.82 Å². The number of fused-ring (bicyclic) bond motifs is 1. The fourth-order valence-electron chi connectivity index (χ4n) is 2.73. The molecule has 5 heteroatoms. The number of aryl methyl sites for hydroxylation is 1.